The highest BCUT2D eigenvalue weighted by Crippen LogP contribution is 2.28. The van der Waals surface area contributed by atoms with Gasteiger partial charge in [0.25, 0.3) is 0 Å². The van der Waals surface area contributed by atoms with Crippen LogP contribution in [0.25, 0.3) is 0 Å². The van der Waals surface area contributed by atoms with Crippen molar-refractivity contribution in [1.29, 1.82) is 0 Å². The molecule has 1 aromatic rings. The van der Waals surface area contributed by atoms with Crippen LogP contribution in [0, 0.1) is 5.92 Å². The van der Waals surface area contributed by atoms with Gasteiger partial charge in [0.1, 0.15) is 0 Å². The Balaban J connectivity index is 0. The second-order valence-electron chi connectivity index (χ2n) is 4.02. The molecule has 0 amide bonds. The summed E-state index contributed by atoms with van der Waals surface area (Å²) in [4.78, 5) is 4.29. The summed E-state index contributed by atoms with van der Waals surface area (Å²) in [6, 6.07) is 1.80. The van der Waals surface area contributed by atoms with Crippen LogP contribution in [0.15, 0.2) is 12.3 Å². The van der Waals surface area contributed by atoms with Crippen LogP contribution in [0.1, 0.15) is 19.5 Å². The third kappa shape index (κ3) is 5.76. The summed E-state index contributed by atoms with van der Waals surface area (Å²) in [6.45, 7) is 5.99. The maximum atomic E-state index is 5.30. The number of ether oxygens (including phenoxy) is 2. The van der Waals surface area contributed by atoms with Crippen LogP contribution in [-0.4, -0.2) is 25.7 Å². The fourth-order valence-corrected chi connectivity index (χ4v) is 1.46. The fraction of sp³-hybridized carbons (Fsp3) is 0.583. The van der Waals surface area contributed by atoms with Crippen molar-refractivity contribution in [3.05, 3.63) is 18.0 Å². The zero-order valence-corrected chi connectivity index (χ0v) is 12.9. The van der Waals surface area contributed by atoms with Crippen molar-refractivity contribution in [2.24, 2.45) is 5.92 Å². The number of halogens is 2. The first-order valence-electron chi connectivity index (χ1n) is 5.45. The molecule has 4 nitrogen and oxygen atoms in total. The summed E-state index contributed by atoms with van der Waals surface area (Å²) in [5.41, 5.74) is 0.877. The van der Waals surface area contributed by atoms with E-state index in [0.717, 1.165) is 18.0 Å². The van der Waals surface area contributed by atoms with E-state index in [4.69, 9.17) is 9.47 Å². The molecule has 18 heavy (non-hydrogen) atoms. The predicted molar refractivity (Wildman–Crippen MR) is 78.4 cm³/mol. The minimum absolute atomic E-state index is 0. The normalized spacial score (nSPS) is 9.39. The van der Waals surface area contributed by atoms with Gasteiger partial charge in [-0.1, -0.05) is 13.8 Å². The van der Waals surface area contributed by atoms with E-state index in [9.17, 15) is 0 Å². The second kappa shape index (κ2) is 10.2. The molecule has 1 aromatic heterocycles. The Hall–Kier alpha value is -0.710. The summed E-state index contributed by atoms with van der Waals surface area (Å²) in [7, 11) is 3.26. The van der Waals surface area contributed by atoms with Gasteiger partial charge in [0.05, 0.1) is 19.9 Å². The Labute approximate surface area is 121 Å². The van der Waals surface area contributed by atoms with Crippen molar-refractivity contribution in [2.45, 2.75) is 20.4 Å². The third-order valence-corrected chi connectivity index (χ3v) is 2.21. The van der Waals surface area contributed by atoms with Crippen LogP contribution in [-0.2, 0) is 6.54 Å². The molecule has 0 atom stereocenters. The molecule has 1 rings (SSSR count). The van der Waals surface area contributed by atoms with Crippen LogP contribution < -0.4 is 14.8 Å². The summed E-state index contributed by atoms with van der Waals surface area (Å²) >= 11 is 0. The highest BCUT2D eigenvalue weighted by Gasteiger charge is 2.10. The molecule has 1 heterocycles. The van der Waals surface area contributed by atoms with E-state index >= 15 is 0 Å². The zero-order valence-electron chi connectivity index (χ0n) is 11.2. The number of pyridine rings is 1. The molecule has 0 aromatic carbocycles. The van der Waals surface area contributed by atoms with Gasteiger partial charge in [0.2, 0.25) is 0 Å². The van der Waals surface area contributed by atoms with Crippen molar-refractivity contribution in [3.8, 4) is 11.5 Å². The Morgan fingerprint density at radius 2 is 1.89 bits per heavy atom. The van der Waals surface area contributed by atoms with E-state index in [1.807, 2.05) is 0 Å². The van der Waals surface area contributed by atoms with Crippen molar-refractivity contribution in [3.63, 3.8) is 0 Å². The van der Waals surface area contributed by atoms with Crippen LogP contribution in [0.3, 0.4) is 0 Å². The number of hydrogen-bond acceptors (Lipinski definition) is 4. The molecule has 0 radical (unpaired) electrons. The maximum absolute atomic E-state index is 5.30. The van der Waals surface area contributed by atoms with E-state index in [0.29, 0.717) is 18.2 Å². The average molecular weight is 297 g/mol. The molecule has 0 fully saturated rings. The van der Waals surface area contributed by atoms with Crippen LogP contribution in [0.5, 0.6) is 11.5 Å². The molecule has 0 aliphatic heterocycles. The van der Waals surface area contributed by atoms with Gasteiger partial charge in [-0.15, -0.1) is 24.8 Å². The Morgan fingerprint density at radius 1 is 1.22 bits per heavy atom. The minimum atomic E-state index is 0. The highest BCUT2D eigenvalue weighted by atomic mass is 35.5. The van der Waals surface area contributed by atoms with Crippen molar-refractivity contribution in [1.82, 2.24) is 10.3 Å². The number of methoxy groups -OCH3 is 2. The lowest BCUT2D eigenvalue weighted by Crippen LogP contribution is -2.20. The lowest BCUT2D eigenvalue weighted by atomic mass is 10.2. The number of nitrogens with one attached hydrogen (secondary N) is 1. The highest BCUT2D eigenvalue weighted by molar-refractivity contribution is 5.85. The Kier molecular flexibility index (Phi) is 11.2. The number of aromatic nitrogens is 1. The third-order valence-electron chi connectivity index (χ3n) is 2.21. The molecule has 0 bridgehead atoms. The predicted octanol–water partition coefficient (Wildman–Crippen LogP) is 2.69. The molecule has 0 aliphatic carbocycles. The summed E-state index contributed by atoms with van der Waals surface area (Å²) in [6.07, 6.45) is 1.73. The topological polar surface area (TPSA) is 43.4 Å². The lowest BCUT2D eigenvalue weighted by molar-refractivity contribution is 0.347. The van der Waals surface area contributed by atoms with E-state index in [1.54, 1.807) is 26.5 Å². The lowest BCUT2D eigenvalue weighted by Gasteiger charge is -2.12. The number of rotatable bonds is 6. The van der Waals surface area contributed by atoms with Crippen molar-refractivity contribution in [2.75, 3.05) is 20.8 Å². The van der Waals surface area contributed by atoms with E-state index in [2.05, 4.69) is 24.1 Å². The molecule has 6 heteroatoms. The van der Waals surface area contributed by atoms with Gasteiger partial charge < -0.3 is 14.8 Å². The Bertz CT molecular complexity index is 336. The first-order chi connectivity index (χ1) is 7.69. The molecular weight excluding hydrogens is 275 g/mol. The Morgan fingerprint density at radius 3 is 2.39 bits per heavy atom. The number of nitrogens with zero attached hydrogens (tertiary/aromatic N) is 1. The molecule has 106 valence electrons. The van der Waals surface area contributed by atoms with Crippen molar-refractivity contribution >= 4 is 24.8 Å². The van der Waals surface area contributed by atoms with E-state index in [1.165, 1.54) is 0 Å². The van der Waals surface area contributed by atoms with Gasteiger partial charge in [-0.3, -0.25) is 4.98 Å². The maximum Gasteiger partial charge on any atom is 0.183 e. The summed E-state index contributed by atoms with van der Waals surface area (Å²) < 4.78 is 10.5. The largest absolute Gasteiger partial charge is 0.493 e. The minimum Gasteiger partial charge on any atom is -0.493 e. The first kappa shape index (κ1) is 19.6. The van der Waals surface area contributed by atoms with Crippen LogP contribution >= 0.6 is 24.8 Å². The summed E-state index contributed by atoms with van der Waals surface area (Å²) in [5, 5.41) is 3.33. The zero-order chi connectivity index (χ0) is 12.0. The first-order valence-corrected chi connectivity index (χ1v) is 5.45. The van der Waals surface area contributed by atoms with Gasteiger partial charge >= 0.3 is 0 Å². The van der Waals surface area contributed by atoms with Gasteiger partial charge in [0.15, 0.2) is 11.5 Å². The van der Waals surface area contributed by atoms with E-state index < -0.39 is 0 Å². The standard InChI is InChI=1S/C12H20N2O2.2ClH/c1-9(2)7-13-8-10-12(16-4)11(15-3)5-6-14-10;;/h5-6,9,13H,7-8H2,1-4H3;2*1H. The monoisotopic (exact) mass is 296 g/mol. The van der Waals surface area contributed by atoms with Crippen molar-refractivity contribution < 1.29 is 9.47 Å². The smallest absolute Gasteiger partial charge is 0.183 e. The molecule has 0 aliphatic rings. The number of hydrogen-bond donors (Lipinski definition) is 1. The SMILES string of the molecule is COc1ccnc(CNCC(C)C)c1OC.Cl.Cl. The quantitative estimate of drug-likeness (QED) is 0.876. The van der Waals surface area contributed by atoms with Crippen LogP contribution in [0.4, 0.5) is 0 Å². The molecule has 1 N–H and O–H groups in total. The van der Waals surface area contributed by atoms with Gasteiger partial charge in [0, 0.05) is 18.8 Å². The van der Waals surface area contributed by atoms with Gasteiger partial charge in [-0.05, 0) is 12.5 Å². The van der Waals surface area contributed by atoms with Gasteiger partial charge in [-0.25, -0.2) is 0 Å². The average Bonchev–Trinajstić information content (AvgIpc) is 2.28. The molecule has 0 unspecified atom stereocenters. The van der Waals surface area contributed by atoms with Gasteiger partial charge in [-0.2, -0.15) is 0 Å². The molecule has 0 saturated heterocycles. The molecule has 0 saturated carbocycles. The van der Waals surface area contributed by atoms with E-state index in [-0.39, 0.29) is 24.8 Å². The summed E-state index contributed by atoms with van der Waals surface area (Å²) in [5.74, 6) is 2.05. The second-order valence-corrected chi connectivity index (χ2v) is 4.02. The fourth-order valence-electron chi connectivity index (χ4n) is 1.46. The van der Waals surface area contributed by atoms with Crippen LogP contribution in [0.2, 0.25) is 0 Å². The molecular formula is C12H22Cl2N2O2. The molecule has 0 spiro atoms.